The highest BCUT2D eigenvalue weighted by Gasteiger charge is 2.36. The number of benzene rings is 2. The van der Waals surface area contributed by atoms with E-state index < -0.39 is 21.4 Å². The zero-order chi connectivity index (χ0) is 19.1. The summed E-state index contributed by atoms with van der Waals surface area (Å²) in [7, 11) is -3.87. The zero-order valence-electron chi connectivity index (χ0n) is 14.5. The Labute approximate surface area is 152 Å². The summed E-state index contributed by atoms with van der Waals surface area (Å²) in [5.74, 6) is -1.09. The number of carbonyl (C=O) groups is 1. The average molecular weight is 369 g/mol. The molecule has 0 fully saturated rings. The van der Waals surface area contributed by atoms with Gasteiger partial charge in [0.1, 0.15) is 5.41 Å². The largest absolute Gasteiger partial charge is 0.480 e. The topological polar surface area (TPSA) is 76.4 Å². The Morgan fingerprint density at radius 2 is 1.77 bits per heavy atom. The highest BCUT2D eigenvalue weighted by atomic mass is 32.2. The van der Waals surface area contributed by atoms with Gasteiger partial charge in [-0.05, 0) is 37.6 Å². The van der Waals surface area contributed by atoms with E-state index in [-0.39, 0.29) is 4.90 Å². The Bertz CT molecular complexity index is 1110. The molecule has 0 aliphatic rings. The summed E-state index contributed by atoms with van der Waals surface area (Å²) in [6.45, 7) is 7.02. The third-order valence-electron chi connectivity index (χ3n) is 4.67. The molecule has 6 heteroatoms. The number of fused-ring (bicyclic) bond motifs is 1. The monoisotopic (exact) mass is 369 g/mol. The molecule has 1 aromatic heterocycles. The first-order chi connectivity index (χ1) is 12.2. The molecule has 134 valence electrons. The molecular formula is C20H19NO4S. The third-order valence-corrected chi connectivity index (χ3v) is 6.36. The summed E-state index contributed by atoms with van der Waals surface area (Å²) < 4.78 is 27.4. The van der Waals surface area contributed by atoms with Crippen LogP contribution in [0.2, 0.25) is 0 Å². The fraction of sp³-hybridized carbons (Fsp3) is 0.150. The first-order valence-electron chi connectivity index (χ1n) is 8.01. The molecule has 26 heavy (non-hydrogen) atoms. The summed E-state index contributed by atoms with van der Waals surface area (Å²) >= 11 is 0. The van der Waals surface area contributed by atoms with Crippen molar-refractivity contribution in [3.8, 4) is 0 Å². The molecule has 3 rings (SSSR count). The second-order valence-corrected chi connectivity index (χ2v) is 8.20. The molecule has 0 aliphatic carbocycles. The first-order valence-corrected chi connectivity index (χ1v) is 9.45. The van der Waals surface area contributed by atoms with Gasteiger partial charge < -0.3 is 5.11 Å². The minimum Gasteiger partial charge on any atom is -0.480 e. The molecule has 1 heterocycles. The maximum atomic E-state index is 13.1. The van der Waals surface area contributed by atoms with Gasteiger partial charge in [-0.3, -0.25) is 4.79 Å². The molecule has 0 spiro atoms. The summed E-state index contributed by atoms with van der Waals surface area (Å²) in [6, 6.07) is 13.4. The van der Waals surface area contributed by atoms with E-state index in [0.717, 1.165) is 9.54 Å². The second kappa shape index (κ2) is 6.14. The normalized spacial score (nSPS) is 14.1. The van der Waals surface area contributed by atoms with E-state index in [9.17, 15) is 18.3 Å². The number of aromatic nitrogens is 1. The van der Waals surface area contributed by atoms with Crippen molar-refractivity contribution in [1.82, 2.24) is 3.97 Å². The van der Waals surface area contributed by atoms with Gasteiger partial charge >= 0.3 is 5.97 Å². The Morgan fingerprint density at radius 1 is 1.15 bits per heavy atom. The van der Waals surface area contributed by atoms with Crippen LogP contribution in [0.25, 0.3) is 10.9 Å². The van der Waals surface area contributed by atoms with E-state index in [1.54, 1.807) is 48.5 Å². The van der Waals surface area contributed by atoms with E-state index in [0.29, 0.717) is 16.5 Å². The van der Waals surface area contributed by atoms with Gasteiger partial charge in [0.2, 0.25) is 0 Å². The van der Waals surface area contributed by atoms with Crippen molar-refractivity contribution in [1.29, 1.82) is 0 Å². The zero-order valence-corrected chi connectivity index (χ0v) is 15.3. The molecule has 0 saturated heterocycles. The van der Waals surface area contributed by atoms with Crippen LogP contribution in [0.5, 0.6) is 0 Å². The molecule has 3 aromatic rings. The van der Waals surface area contributed by atoms with Crippen LogP contribution >= 0.6 is 0 Å². The van der Waals surface area contributed by atoms with Gasteiger partial charge in [-0.2, -0.15) is 0 Å². The lowest BCUT2D eigenvalue weighted by atomic mass is 9.82. The van der Waals surface area contributed by atoms with Crippen LogP contribution < -0.4 is 0 Å². The lowest BCUT2D eigenvalue weighted by Crippen LogP contribution is -2.29. The lowest BCUT2D eigenvalue weighted by Gasteiger charge is -2.19. The number of hydrogen-bond donors (Lipinski definition) is 1. The number of para-hydroxylation sites is 1. The molecule has 0 amide bonds. The fourth-order valence-corrected chi connectivity index (χ4v) is 4.27. The number of nitrogens with zero attached hydrogens (tertiary/aromatic N) is 1. The smallest absolute Gasteiger partial charge is 0.317 e. The number of rotatable bonds is 5. The van der Waals surface area contributed by atoms with Crippen LogP contribution in [-0.4, -0.2) is 23.5 Å². The number of carboxylic acid groups (broad SMARTS) is 1. The van der Waals surface area contributed by atoms with Gasteiger partial charge in [0, 0.05) is 11.6 Å². The van der Waals surface area contributed by atoms with E-state index in [1.165, 1.54) is 19.2 Å². The van der Waals surface area contributed by atoms with Crippen LogP contribution in [0.4, 0.5) is 0 Å². The summed E-state index contributed by atoms with van der Waals surface area (Å²) in [4.78, 5) is 12.0. The molecule has 1 N–H and O–H groups in total. The predicted octanol–water partition coefficient (Wildman–Crippen LogP) is 3.72. The third kappa shape index (κ3) is 2.63. The highest BCUT2D eigenvalue weighted by molar-refractivity contribution is 7.90. The van der Waals surface area contributed by atoms with E-state index >= 15 is 0 Å². The van der Waals surface area contributed by atoms with Gasteiger partial charge in [0.15, 0.2) is 0 Å². The quantitative estimate of drug-likeness (QED) is 0.696. The number of aliphatic carboxylic acids is 1. The second-order valence-electron chi connectivity index (χ2n) is 6.39. The van der Waals surface area contributed by atoms with Gasteiger partial charge in [0.25, 0.3) is 10.0 Å². The van der Waals surface area contributed by atoms with Crippen LogP contribution in [0.15, 0.2) is 72.3 Å². The highest BCUT2D eigenvalue weighted by Crippen LogP contribution is 2.35. The van der Waals surface area contributed by atoms with Crippen LogP contribution in [0.1, 0.15) is 18.1 Å². The van der Waals surface area contributed by atoms with Crippen LogP contribution in [-0.2, 0) is 20.2 Å². The summed E-state index contributed by atoms with van der Waals surface area (Å²) in [5.41, 5.74) is 0.351. The average Bonchev–Trinajstić information content (AvgIpc) is 3.02. The maximum Gasteiger partial charge on any atom is 0.317 e. The van der Waals surface area contributed by atoms with Crippen molar-refractivity contribution in [2.75, 3.05) is 0 Å². The van der Waals surface area contributed by atoms with E-state index in [1.807, 2.05) is 6.92 Å². The number of carboxylic acids is 1. The molecule has 0 aliphatic heterocycles. The van der Waals surface area contributed by atoms with Crippen molar-refractivity contribution in [3.63, 3.8) is 0 Å². The van der Waals surface area contributed by atoms with Crippen molar-refractivity contribution in [2.45, 2.75) is 24.2 Å². The lowest BCUT2D eigenvalue weighted by molar-refractivity contribution is -0.141. The Hall–Kier alpha value is -2.86. The molecule has 5 nitrogen and oxygen atoms in total. The Kier molecular flexibility index (Phi) is 4.24. The van der Waals surface area contributed by atoms with Crippen molar-refractivity contribution < 1.29 is 18.3 Å². The van der Waals surface area contributed by atoms with Gasteiger partial charge in [-0.25, -0.2) is 12.4 Å². The molecular weight excluding hydrogens is 350 g/mol. The Morgan fingerprint density at radius 3 is 2.35 bits per heavy atom. The molecule has 0 bridgehead atoms. The van der Waals surface area contributed by atoms with E-state index in [2.05, 4.69) is 6.58 Å². The Balaban J connectivity index is 2.34. The van der Waals surface area contributed by atoms with Gasteiger partial charge in [-0.1, -0.05) is 42.0 Å². The standard InChI is InChI=1S/C20H19NO4S/c1-4-20(3,19(22)23)17-13-21(18-8-6-5-7-16(17)18)26(24,25)15-11-9-14(2)10-12-15/h4-13H,1H2,2-3H3,(H,22,23)/t20-/m0/s1. The summed E-state index contributed by atoms with van der Waals surface area (Å²) in [5, 5.41) is 10.2. The SMILES string of the molecule is C=C[C@](C)(C(=O)O)c1cn(S(=O)(=O)c2ccc(C)cc2)c2ccccc12. The molecule has 0 unspecified atom stereocenters. The van der Waals surface area contributed by atoms with Crippen molar-refractivity contribution >= 4 is 26.9 Å². The van der Waals surface area contributed by atoms with Crippen molar-refractivity contribution in [2.24, 2.45) is 0 Å². The maximum absolute atomic E-state index is 13.1. The van der Waals surface area contributed by atoms with Crippen LogP contribution in [0.3, 0.4) is 0 Å². The van der Waals surface area contributed by atoms with Gasteiger partial charge in [-0.15, -0.1) is 6.58 Å². The van der Waals surface area contributed by atoms with E-state index in [4.69, 9.17) is 0 Å². The minimum atomic E-state index is -3.87. The molecule has 2 aromatic carbocycles. The predicted molar refractivity (Wildman–Crippen MR) is 101 cm³/mol. The first kappa shape index (κ1) is 17.9. The molecule has 1 atom stereocenters. The fourth-order valence-electron chi connectivity index (χ4n) is 2.90. The minimum absolute atomic E-state index is 0.144. The van der Waals surface area contributed by atoms with Gasteiger partial charge in [0.05, 0.1) is 10.4 Å². The number of aryl methyl sites for hydroxylation is 1. The number of hydrogen-bond acceptors (Lipinski definition) is 3. The summed E-state index contributed by atoms with van der Waals surface area (Å²) in [6.07, 6.45) is 2.70. The molecule has 0 radical (unpaired) electrons. The molecule has 0 saturated carbocycles. The van der Waals surface area contributed by atoms with Crippen molar-refractivity contribution in [3.05, 3.63) is 78.5 Å². The van der Waals surface area contributed by atoms with Crippen LogP contribution in [0, 0.1) is 6.92 Å².